The summed E-state index contributed by atoms with van der Waals surface area (Å²) in [4.78, 5) is 11.1. The molecule has 3 rings (SSSR count). The van der Waals surface area contributed by atoms with Crippen molar-refractivity contribution in [2.45, 2.75) is 19.8 Å². The molecule has 0 unspecified atom stereocenters. The van der Waals surface area contributed by atoms with Gasteiger partial charge in [0.05, 0.1) is 14.2 Å². The number of aliphatic carboxylic acids is 1. The zero-order valence-electron chi connectivity index (χ0n) is 16.9. The minimum Gasteiger partial charge on any atom is -0.497 e. The van der Waals surface area contributed by atoms with E-state index >= 15 is 0 Å². The van der Waals surface area contributed by atoms with Crippen molar-refractivity contribution < 1.29 is 19.4 Å². The standard InChI is InChI=1S/C24H23BO4/c1-15-12-16(5-10-23(15)29-3)17-4-8-21(22(25)14-17)20-9-7-19(28-2)13-18(20)6-11-24(26)27/h4-5,7-10,12-14H,6,11H2,1-3H3,(H,26,27). The molecule has 5 heteroatoms. The van der Waals surface area contributed by atoms with E-state index in [1.807, 2.05) is 55.5 Å². The Morgan fingerprint density at radius 3 is 2.24 bits per heavy atom. The second-order valence-corrected chi connectivity index (χ2v) is 6.90. The predicted octanol–water partition coefficient (Wildman–Crippen LogP) is 4.16. The normalized spacial score (nSPS) is 10.6. The Hall–Kier alpha value is -3.21. The van der Waals surface area contributed by atoms with E-state index in [1.54, 1.807) is 14.2 Å². The predicted molar refractivity (Wildman–Crippen MR) is 116 cm³/mol. The lowest BCUT2D eigenvalue weighted by atomic mass is 9.82. The second kappa shape index (κ2) is 8.86. The summed E-state index contributed by atoms with van der Waals surface area (Å²) in [5.74, 6) is 0.703. The topological polar surface area (TPSA) is 55.8 Å². The minimum atomic E-state index is -0.836. The molecule has 0 aliphatic carbocycles. The van der Waals surface area contributed by atoms with E-state index in [9.17, 15) is 4.79 Å². The van der Waals surface area contributed by atoms with Crippen molar-refractivity contribution in [3.63, 3.8) is 0 Å². The van der Waals surface area contributed by atoms with E-state index in [0.717, 1.165) is 39.1 Å². The smallest absolute Gasteiger partial charge is 0.303 e. The SMILES string of the molecule is [B]c1cc(-c2ccc(OC)c(C)c2)ccc1-c1ccc(OC)cc1CCC(=O)O. The first-order valence-electron chi connectivity index (χ1n) is 9.36. The number of carboxylic acids is 1. The van der Waals surface area contributed by atoms with Crippen molar-refractivity contribution in [3.8, 4) is 33.8 Å². The molecule has 0 amide bonds. The molecule has 0 fully saturated rings. The third kappa shape index (κ3) is 4.62. The molecule has 0 aliphatic rings. The first-order chi connectivity index (χ1) is 13.9. The Bertz CT molecular complexity index is 1040. The number of hydrogen-bond donors (Lipinski definition) is 1. The fourth-order valence-electron chi connectivity index (χ4n) is 3.45. The molecule has 0 atom stereocenters. The number of benzene rings is 3. The van der Waals surface area contributed by atoms with Crippen LogP contribution < -0.4 is 14.9 Å². The summed E-state index contributed by atoms with van der Waals surface area (Å²) in [6, 6.07) is 17.6. The fourth-order valence-corrected chi connectivity index (χ4v) is 3.45. The van der Waals surface area contributed by atoms with E-state index in [0.29, 0.717) is 17.6 Å². The zero-order chi connectivity index (χ0) is 21.0. The van der Waals surface area contributed by atoms with Crippen LogP contribution in [0.1, 0.15) is 17.5 Å². The average Bonchev–Trinajstić information content (AvgIpc) is 2.72. The molecule has 0 aliphatic heterocycles. The molecule has 146 valence electrons. The Kier molecular flexibility index (Phi) is 6.27. The molecule has 3 aromatic rings. The van der Waals surface area contributed by atoms with Gasteiger partial charge in [-0.2, -0.15) is 0 Å². The van der Waals surface area contributed by atoms with Crippen LogP contribution >= 0.6 is 0 Å². The monoisotopic (exact) mass is 386 g/mol. The number of hydrogen-bond acceptors (Lipinski definition) is 3. The van der Waals surface area contributed by atoms with Crippen molar-refractivity contribution >= 4 is 19.3 Å². The number of rotatable bonds is 7. The molecule has 1 N–H and O–H groups in total. The Labute approximate surface area is 172 Å². The average molecular weight is 386 g/mol. The van der Waals surface area contributed by atoms with Gasteiger partial charge in [-0.3, -0.25) is 4.79 Å². The van der Waals surface area contributed by atoms with Gasteiger partial charge < -0.3 is 14.6 Å². The van der Waals surface area contributed by atoms with Crippen LogP contribution in [0.25, 0.3) is 22.3 Å². The van der Waals surface area contributed by atoms with Gasteiger partial charge in [0.1, 0.15) is 19.3 Å². The molecule has 4 nitrogen and oxygen atoms in total. The molecule has 0 aromatic heterocycles. The van der Waals surface area contributed by atoms with Gasteiger partial charge in [-0.25, -0.2) is 0 Å². The molecule has 0 heterocycles. The highest BCUT2D eigenvalue weighted by Gasteiger charge is 2.12. The summed E-state index contributed by atoms with van der Waals surface area (Å²) >= 11 is 0. The van der Waals surface area contributed by atoms with Crippen molar-refractivity contribution in [1.29, 1.82) is 0 Å². The number of carboxylic acid groups (broad SMARTS) is 1. The van der Waals surface area contributed by atoms with Gasteiger partial charge in [-0.1, -0.05) is 35.8 Å². The molecule has 0 bridgehead atoms. The number of aryl methyl sites for hydroxylation is 2. The maximum absolute atomic E-state index is 11.1. The van der Waals surface area contributed by atoms with Gasteiger partial charge in [0.15, 0.2) is 0 Å². The van der Waals surface area contributed by atoms with Crippen LogP contribution in [0.3, 0.4) is 0 Å². The molecule has 0 spiro atoms. The maximum Gasteiger partial charge on any atom is 0.303 e. The quantitative estimate of drug-likeness (QED) is 0.620. The minimum absolute atomic E-state index is 0.0449. The van der Waals surface area contributed by atoms with Crippen molar-refractivity contribution in [1.82, 2.24) is 0 Å². The summed E-state index contributed by atoms with van der Waals surface area (Å²) in [7, 11) is 9.66. The molecule has 2 radical (unpaired) electrons. The highest BCUT2D eigenvalue weighted by Crippen LogP contribution is 2.30. The van der Waals surface area contributed by atoms with Gasteiger partial charge in [0, 0.05) is 6.42 Å². The maximum atomic E-state index is 11.1. The summed E-state index contributed by atoms with van der Waals surface area (Å²) in [5.41, 5.74) is 6.45. The summed E-state index contributed by atoms with van der Waals surface area (Å²) in [6.45, 7) is 2.01. The van der Waals surface area contributed by atoms with Gasteiger partial charge in [0.25, 0.3) is 0 Å². The van der Waals surface area contributed by atoms with E-state index < -0.39 is 5.97 Å². The van der Waals surface area contributed by atoms with Gasteiger partial charge in [-0.05, 0) is 71.0 Å². The van der Waals surface area contributed by atoms with Crippen LogP contribution in [0.15, 0.2) is 54.6 Å². The Morgan fingerprint density at radius 2 is 1.62 bits per heavy atom. The third-order valence-electron chi connectivity index (χ3n) is 4.99. The first kappa shape index (κ1) is 20.5. The molecule has 0 saturated heterocycles. The third-order valence-corrected chi connectivity index (χ3v) is 4.99. The summed E-state index contributed by atoms with van der Waals surface area (Å²) < 4.78 is 10.6. The van der Waals surface area contributed by atoms with E-state index in [4.69, 9.17) is 22.4 Å². The van der Waals surface area contributed by atoms with E-state index in [1.165, 1.54) is 0 Å². The van der Waals surface area contributed by atoms with E-state index in [-0.39, 0.29) is 6.42 Å². The van der Waals surface area contributed by atoms with Crippen molar-refractivity contribution in [2.75, 3.05) is 14.2 Å². The largest absolute Gasteiger partial charge is 0.497 e. The van der Waals surface area contributed by atoms with Crippen molar-refractivity contribution in [2.24, 2.45) is 0 Å². The lowest BCUT2D eigenvalue weighted by Crippen LogP contribution is -2.09. The van der Waals surface area contributed by atoms with Crippen LogP contribution in [0.2, 0.25) is 0 Å². The van der Waals surface area contributed by atoms with Crippen LogP contribution in [0.5, 0.6) is 11.5 Å². The molecular weight excluding hydrogens is 363 g/mol. The number of ether oxygens (including phenoxy) is 2. The first-order valence-corrected chi connectivity index (χ1v) is 9.36. The van der Waals surface area contributed by atoms with Crippen molar-refractivity contribution in [3.05, 3.63) is 65.7 Å². The highest BCUT2D eigenvalue weighted by atomic mass is 16.5. The van der Waals surface area contributed by atoms with Crippen LogP contribution in [-0.4, -0.2) is 33.1 Å². The van der Waals surface area contributed by atoms with Crippen LogP contribution in [0, 0.1) is 6.92 Å². The molecule has 3 aromatic carbocycles. The Morgan fingerprint density at radius 1 is 0.931 bits per heavy atom. The van der Waals surface area contributed by atoms with Gasteiger partial charge >= 0.3 is 5.97 Å². The van der Waals surface area contributed by atoms with Gasteiger partial charge in [0.2, 0.25) is 0 Å². The lowest BCUT2D eigenvalue weighted by molar-refractivity contribution is -0.136. The summed E-state index contributed by atoms with van der Waals surface area (Å²) in [6.07, 6.45) is 0.448. The highest BCUT2D eigenvalue weighted by molar-refractivity contribution is 6.36. The Balaban J connectivity index is 2.00. The van der Waals surface area contributed by atoms with Crippen LogP contribution in [0.4, 0.5) is 0 Å². The summed E-state index contributed by atoms with van der Waals surface area (Å²) in [5, 5.41) is 9.07. The van der Waals surface area contributed by atoms with E-state index in [2.05, 4.69) is 6.07 Å². The lowest BCUT2D eigenvalue weighted by Gasteiger charge is -2.15. The fraction of sp³-hybridized carbons (Fsp3) is 0.208. The van der Waals surface area contributed by atoms with Gasteiger partial charge in [-0.15, -0.1) is 0 Å². The number of carbonyl (C=O) groups is 1. The second-order valence-electron chi connectivity index (χ2n) is 6.90. The molecular formula is C24H23BO4. The molecule has 0 saturated carbocycles. The molecule has 29 heavy (non-hydrogen) atoms. The zero-order valence-corrected chi connectivity index (χ0v) is 16.9. The number of methoxy groups -OCH3 is 2. The van der Waals surface area contributed by atoms with Crippen LogP contribution in [-0.2, 0) is 11.2 Å².